The highest BCUT2D eigenvalue weighted by atomic mass is 19.1. The van der Waals surface area contributed by atoms with Crippen LogP contribution in [-0.4, -0.2) is 59.0 Å². The van der Waals surface area contributed by atoms with Gasteiger partial charge in [-0.05, 0) is 54.7 Å². The van der Waals surface area contributed by atoms with Crippen LogP contribution in [0.4, 0.5) is 4.39 Å². The molecule has 6 nitrogen and oxygen atoms in total. The Morgan fingerprint density at radius 2 is 1.89 bits per heavy atom. The molecule has 3 atom stereocenters. The fourth-order valence-corrected chi connectivity index (χ4v) is 5.39. The molecule has 2 saturated heterocycles. The van der Waals surface area contributed by atoms with Gasteiger partial charge in [0.15, 0.2) is 0 Å². The van der Waals surface area contributed by atoms with E-state index >= 15 is 0 Å². The quantitative estimate of drug-likeness (QED) is 0.569. The van der Waals surface area contributed by atoms with Crippen molar-refractivity contribution in [2.45, 2.75) is 44.4 Å². The number of carbonyl (C=O) groups excluding carboxylic acids is 1. The highest BCUT2D eigenvalue weighted by Gasteiger charge is 2.33. The van der Waals surface area contributed by atoms with Crippen LogP contribution in [0.5, 0.6) is 0 Å². The van der Waals surface area contributed by atoms with Crippen LogP contribution >= 0.6 is 0 Å². The Morgan fingerprint density at radius 3 is 2.64 bits per heavy atom. The van der Waals surface area contributed by atoms with Gasteiger partial charge in [0.2, 0.25) is 0 Å². The van der Waals surface area contributed by atoms with Crippen molar-refractivity contribution >= 4 is 5.91 Å². The lowest BCUT2D eigenvalue weighted by atomic mass is 9.91. The Morgan fingerprint density at radius 1 is 1.11 bits per heavy atom. The maximum Gasteiger partial charge on any atom is 0.273 e. The Balaban J connectivity index is 1.38. The van der Waals surface area contributed by atoms with Crippen LogP contribution in [0.25, 0.3) is 11.1 Å². The fourth-order valence-electron chi connectivity index (χ4n) is 5.39. The molecule has 0 bridgehead atoms. The summed E-state index contributed by atoms with van der Waals surface area (Å²) in [5.74, 6) is -0.413. The maximum absolute atomic E-state index is 13.8. The fraction of sp³-hybridized carbons (Fsp3) is 0.379. The molecular formula is C29H34FN5O. The lowest BCUT2D eigenvalue weighted by Crippen LogP contribution is -2.48. The third kappa shape index (κ3) is 5.48. The summed E-state index contributed by atoms with van der Waals surface area (Å²) in [4.78, 5) is 22.7. The van der Waals surface area contributed by atoms with Crippen molar-refractivity contribution in [3.05, 3.63) is 89.5 Å². The lowest BCUT2D eigenvalue weighted by molar-refractivity contribution is 0.0587. The van der Waals surface area contributed by atoms with E-state index in [9.17, 15) is 9.18 Å². The number of pyridine rings is 1. The topological polar surface area (TPSA) is 74.5 Å². The molecule has 36 heavy (non-hydrogen) atoms. The van der Waals surface area contributed by atoms with Gasteiger partial charge in [-0.3, -0.25) is 14.7 Å². The molecule has 188 valence electrons. The maximum atomic E-state index is 13.8. The molecule has 7 heteroatoms. The largest absolute Gasteiger partial charge is 0.330 e. The van der Waals surface area contributed by atoms with E-state index in [0.717, 1.165) is 49.3 Å². The highest BCUT2D eigenvalue weighted by molar-refractivity contribution is 5.99. The molecule has 0 aliphatic carbocycles. The van der Waals surface area contributed by atoms with Crippen LogP contribution in [0.15, 0.2) is 66.9 Å². The molecule has 2 aliphatic heterocycles. The molecule has 5 rings (SSSR count). The predicted octanol–water partition coefficient (Wildman–Crippen LogP) is 3.99. The number of hydrogen-bond acceptors (Lipinski definition) is 5. The first kappa shape index (κ1) is 24.6. The number of rotatable bonds is 5. The van der Waals surface area contributed by atoms with Gasteiger partial charge in [-0.25, -0.2) is 4.39 Å². The first-order chi connectivity index (χ1) is 17.5. The van der Waals surface area contributed by atoms with Gasteiger partial charge in [0, 0.05) is 56.6 Å². The van der Waals surface area contributed by atoms with E-state index in [1.165, 1.54) is 17.7 Å². The number of benzene rings is 2. The van der Waals surface area contributed by atoms with E-state index in [-0.39, 0.29) is 23.8 Å². The number of aromatic nitrogens is 1. The summed E-state index contributed by atoms with van der Waals surface area (Å²) in [7, 11) is 0. The highest BCUT2D eigenvalue weighted by Crippen LogP contribution is 2.33. The zero-order valence-corrected chi connectivity index (χ0v) is 20.7. The molecule has 2 fully saturated rings. The molecule has 1 amide bonds. The molecule has 2 aromatic carbocycles. The summed E-state index contributed by atoms with van der Waals surface area (Å²) < 4.78 is 13.5. The van der Waals surface area contributed by atoms with E-state index in [1.807, 2.05) is 17.0 Å². The third-order valence-corrected chi connectivity index (χ3v) is 7.29. The average molecular weight is 488 g/mol. The van der Waals surface area contributed by atoms with E-state index in [4.69, 9.17) is 5.73 Å². The molecule has 0 saturated carbocycles. The van der Waals surface area contributed by atoms with Crippen LogP contribution in [-0.2, 0) is 6.54 Å². The number of piperazine rings is 1. The SMILES string of the molecule is C[C@H]1CN(Cc2ccc(-c3cccnc3C(=O)N3CCC(N)CC3c3ccc(F)cc3)cc2)CCN1. The van der Waals surface area contributed by atoms with E-state index in [0.29, 0.717) is 24.7 Å². The minimum atomic E-state index is -0.293. The second kappa shape index (κ2) is 10.9. The van der Waals surface area contributed by atoms with Gasteiger partial charge < -0.3 is 16.0 Å². The Labute approximate surface area is 212 Å². The zero-order valence-electron chi connectivity index (χ0n) is 20.7. The Bertz CT molecular complexity index is 1180. The van der Waals surface area contributed by atoms with Crippen molar-refractivity contribution in [2.75, 3.05) is 26.2 Å². The second-order valence-corrected chi connectivity index (χ2v) is 10.0. The normalized spacial score (nSPS) is 23.0. The number of carbonyl (C=O) groups is 1. The predicted molar refractivity (Wildman–Crippen MR) is 140 cm³/mol. The van der Waals surface area contributed by atoms with Crippen LogP contribution in [0.3, 0.4) is 0 Å². The second-order valence-electron chi connectivity index (χ2n) is 10.0. The molecule has 3 heterocycles. The summed E-state index contributed by atoms with van der Waals surface area (Å²) in [6.07, 6.45) is 3.03. The summed E-state index contributed by atoms with van der Waals surface area (Å²) in [5, 5.41) is 3.48. The van der Waals surface area contributed by atoms with Crippen molar-refractivity contribution in [1.29, 1.82) is 0 Å². The molecular weight excluding hydrogens is 453 g/mol. The van der Waals surface area contributed by atoms with Gasteiger partial charge in [-0.1, -0.05) is 42.5 Å². The van der Waals surface area contributed by atoms with Crippen LogP contribution in [0.1, 0.15) is 47.4 Å². The van der Waals surface area contributed by atoms with Gasteiger partial charge in [0.1, 0.15) is 11.5 Å². The van der Waals surface area contributed by atoms with E-state index < -0.39 is 0 Å². The van der Waals surface area contributed by atoms with Crippen LogP contribution in [0, 0.1) is 5.82 Å². The molecule has 1 aromatic heterocycles. The van der Waals surface area contributed by atoms with Crippen molar-refractivity contribution in [3.8, 4) is 11.1 Å². The minimum absolute atomic E-state index is 0.00137. The van der Waals surface area contributed by atoms with Crippen molar-refractivity contribution in [3.63, 3.8) is 0 Å². The number of amides is 1. The lowest BCUT2D eigenvalue weighted by Gasteiger charge is -2.38. The van der Waals surface area contributed by atoms with Gasteiger partial charge in [0.25, 0.3) is 5.91 Å². The standard InChI is InChI=1S/C29H34FN5O/c1-20-18-34(16-14-32-20)19-21-4-6-22(7-5-21)26-3-2-13-33-28(26)29(36)35-15-12-25(31)17-27(35)23-8-10-24(30)11-9-23/h2-11,13,20,25,27,32H,12,14-19,31H2,1H3/t20-,25?,27?/m0/s1. The number of piperidine rings is 1. The van der Waals surface area contributed by atoms with Crippen molar-refractivity contribution in [1.82, 2.24) is 20.1 Å². The molecule has 0 spiro atoms. The summed E-state index contributed by atoms with van der Waals surface area (Å²) >= 11 is 0. The van der Waals surface area contributed by atoms with Gasteiger partial charge >= 0.3 is 0 Å². The molecule has 3 aromatic rings. The molecule has 2 unspecified atom stereocenters. The molecule has 3 N–H and O–H groups in total. The summed E-state index contributed by atoms with van der Waals surface area (Å²) in [6, 6.07) is 18.9. The van der Waals surface area contributed by atoms with Gasteiger partial charge in [-0.2, -0.15) is 0 Å². The molecule has 0 radical (unpaired) electrons. The van der Waals surface area contributed by atoms with Gasteiger partial charge in [-0.15, -0.1) is 0 Å². The van der Waals surface area contributed by atoms with Gasteiger partial charge in [0.05, 0.1) is 6.04 Å². The number of nitrogens with two attached hydrogens (primary N) is 1. The third-order valence-electron chi connectivity index (χ3n) is 7.29. The van der Waals surface area contributed by atoms with Crippen molar-refractivity contribution in [2.24, 2.45) is 5.73 Å². The Kier molecular flexibility index (Phi) is 7.41. The van der Waals surface area contributed by atoms with Crippen LogP contribution in [0.2, 0.25) is 0 Å². The van der Waals surface area contributed by atoms with Crippen LogP contribution < -0.4 is 11.1 Å². The number of hydrogen-bond donors (Lipinski definition) is 2. The number of likely N-dealkylation sites (tertiary alicyclic amines) is 1. The Hall–Kier alpha value is -3.13. The first-order valence-electron chi connectivity index (χ1n) is 12.8. The van der Waals surface area contributed by atoms with E-state index in [1.54, 1.807) is 18.3 Å². The minimum Gasteiger partial charge on any atom is -0.330 e. The monoisotopic (exact) mass is 487 g/mol. The number of nitrogens with one attached hydrogen (secondary N) is 1. The summed E-state index contributed by atoms with van der Waals surface area (Å²) in [6.45, 7) is 6.77. The van der Waals surface area contributed by atoms with Crippen molar-refractivity contribution < 1.29 is 9.18 Å². The average Bonchev–Trinajstić information content (AvgIpc) is 2.89. The smallest absolute Gasteiger partial charge is 0.273 e. The van der Waals surface area contributed by atoms with E-state index in [2.05, 4.69) is 46.4 Å². The zero-order chi connectivity index (χ0) is 25.1. The number of halogens is 1. The summed E-state index contributed by atoms with van der Waals surface area (Å²) in [5.41, 5.74) is 10.6. The first-order valence-corrected chi connectivity index (χ1v) is 12.8. The number of nitrogens with zero attached hydrogens (tertiary/aromatic N) is 3. The molecule has 2 aliphatic rings.